The molecule has 0 amide bonds. The van der Waals surface area contributed by atoms with Crippen LogP contribution < -0.4 is 14.5 Å². The van der Waals surface area contributed by atoms with Crippen LogP contribution in [0.5, 0.6) is 5.75 Å². The molecular formula is C25H24ClF5N6O. The summed E-state index contributed by atoms with van der Waals surface area (Å²) in [6.45, 7) is 3.54. The zero-order chi connectivity index (χ0) is 27.0. The molecule has 202 valence electrons. The molecule has 1 spiro atoms. The number of benzene rings is 2. The molecule has 3 aliphatic rings. The number of fused-ring (bicyclic) bond motifs is 3. The summed E-state index contributed by atoms with van der Waals surface area (Å²) in [6, 6.07) is 5.66. The number of hydrogen-bond acceptors (Lipinski definition) is 6. The normalized spacial score (nSPS) is 19.4. The third-order valence-corrected chi connectivity index (χ3v) is 7.92. The van der Waals surface area contributed by atoms with E-state index in [4.69, 9.17) is 16.3 Å². The van der Waals surface area contributed by atoms with Crippen LogP contribution in [0, 0.1) is 17.0 Å². The summed E-state index contributed by atoms with van der Waals surface area (Å²) in [7, 11) is 1.33. The number of anilines is 2. The minimum atomic E-state index is -4.40. The third kappa shape index (κ3) is 4.05. The minimum Gasteiger partial charge on any atom is -0.494 e. The van der Waals surface area contributed by atoms with Crippen LogP contribution >= 0.6 is 11.6 Å². The second-order valence-electron chi connectivity index (χ2n) is 10.3. The lowest BCUT2D eigenvalue weighted by Crippen LogP contribution is -2.73. The number of halogens is 6. The van der Waals surface area contributed by atoms with Gasteiger partial charge < -0.3 is 14.5 Å². The topological polar surface area (TPSA) is 49.7 Å². The lowest BCUT2D eigenvalue weighted by atomic mass is 9.72. The lowest BCUT2D eigenvalue weighted by Gasteiger charge is -2.61. The van der Waals surface area contributed by atoms with Crippen molar-refractivity contribution in [2.75, 3.05) is 43.1 Å². The molecule has 38 heavy (non-hydrogen) atoms. The Hall–Kier alpha value is -3.12. The lowest BCUT2D eigenvalue weighted by molar-refractivity contribution is -0.182. The van der Waals surface area contributed by atoms with Crippen molar-refractivity contribution in [1.29, 1.82) is 0 Å². The van der Waals surface area contributed by atoms with Gasteiger partial charge in [-0.1, -0.05) is 11.6 Å². The minimum absolute atomic E-state index is 0.0172. The fourth-order valence-electron chi connectivity index (χ4n) is 5.65. The van der Waals surface area contributed by atoms with Crippen LogP contribution in [0.4, 0.5) is 33.6 Å². The van der Waals surface area contributed by atoms with Crippen LogP contribution in [0.1, 0.15) is 18.3 Å². The average molecular weight is 555 g/mol. The first kappa shape index (κ1) is 25.2. The second-order valence-corrected chi connectivity index (χ2v) is 10.7. The number of hydrogen-bond donors (Lipinski definition) is 0. The van der Waals surface area contributed by atoms with Crippen molar-refractivity contribution in [3.8, 4) is 11.4 Å². The van der Waals surface area contributed by atoms with Crippen molar-refractivity contribution in [1.82, 2.24) is 19.7 Å². The largest absolute Gasteiger partial charge is 0.494 e. The van der Waals surface area contributed by atoms with Gasteiger partial charge in [-0.05, 0) is 30.7 Å². The molecule has 13 heteroatoms. The van der Waals surface area contributed by atoms with Gasteiger partial charge in [-0.25, -0.2) is 8.78 Å². The molecule has 0 radical (unpaired) electrons. The SMILES string of the molecule is COc1cc(N2CC3(C2)CN(c2nnc4n2-c2ccc(Cl)cc2CN(C(C)C(F)(F)F)C4)C3)c(F)cc1F. The Labute approximate surface area is 220 Å². The van der Waals surface area contributed by atoms with E-state index in [1.165, 1.54) is 18.1 Å². The Morgan fingerprint density at radius 3 is 2.34 bits per heavy atom. The molecule has 1 aromatic heterocycles. The number of methoxy groups -OCH3 is 1. The van der Waals surface area contributed by atoms with Crippen molar-refractivity contribution in [3.05, 3.63) is 58.4 Å². The van der Waals surface area contributed by atoms with Crippen molar-refractivity contribution >= 4 is 23.2 Å². The van der Waals surface area contributed by atoms with Gasteiger partial charge in [0, 0.05) is 55.3 Å². The average Bonchev–Trinajstić information content (AvgIpc) is 3.12. The number of alkyl halides is 3. The predicted octanol–water partition coefficient (Wildman–Crippen LogP) is 4.80. The molecule has 2 fully saturated rings. The number of aromatic nitrogens is 3. The molecule has 3 aromatic rings. The molecule has 2 aromatic carbocycles. The van der Waals surface area contributed by atoms with Crippen molar-refractivity contribution in [2.24, 2.45) is 5.41 Å². The number of rotatable bonds is 4. The van der Waals surface area contributed by atoms with Gasteiger partial charge in [-0.15, -0.1) is 10.2 Å². The van der Waals surface area contributed by atoms with Crippen LogP contribution in [-0.2, 0) is 13.1 Å². The maximum atomic E-state index is 14.4. The molecule has 0 bridgehead atoms. The van der Waals surface area contributed by atoms with Crippen LogP contribution in [0.2, 0.25) is 5.02 Å². The molecule has 2 saturated heterocycles. The Morgan fingerprint density at radius 2 is 1.66 bits per heavy atom. The zero-order valence-corrected chi connectivity index (χ0v) is 21.3. The summed E-state index contributed by atoms with van der Waals surface area (Å²) < 4.78 is 75.8. The molecule has 6 rings (SSSR count). The highest BCUT2D eigenvalue weighted by molar-refractivity contribution is 6.30. The fraction of sp³-hybridized carbons (Fsp3) is 0.440. The third-order valence-electron chi connectivity index (χ3n) is 7.68. The van der Waals surface area contributed by atoms with E-state index in [0.29, 0.717) is 54.2 Å². The Balaban J connectivity index is 1.24. The smallest absolute Gasteiger partial charge is 0.403 e. The van der Waals surface area contributed by atoms with E-state index in [9.17, 15) is 22.0 Å². The van der Waals surface area contributed by atoms with Crippen LogP contribution in [-0.4, -0.2) is 65.2 Å². The first-order chi connectivity index (χ1) is 18.0. The van der Waals surface area contributed by atoms with Gasteiger partial charge in [0.05, 0.1) is 25.0 Å². The summed E-state index contributed by atoms with van der Waals surface area (Å²) in [5.74, 6) is -0.463. The molecule has 7 nitrogen and oxygen atoms in total. The van der Waals surface area contributed by atoms with E-state index in [2.05, 4.69) is 10.2 Å². The molecule has 1 unspecified atom stereocenters. The van der Waals surface area contributed by atoms with Crippen molar-refractivity contribution in [3.63, 3.8) is 0 Å². The highest BCUT2D eigenvalue weighted by atomic mass is 35.5. The van der Waals surface area contributed by atoms with E-state index in [1.807, 2.05) is 14.4 Å². The van der Waals surface area contributed by atoms with E-state index >= 15 is 0 Å². The van der Waals surface area contributed by atoms with Crippen molar-refractivity contribution in [2.45, 2.75) is 32.2 Å². The molecule has 0 N–H and O–H groups in total. The quantitative estimate of drug-likeness (QED) is 0.432. The van der Waals surface area contributed by atoms with E-state index in [1.54, 1.807) is 18.2 Å². The van der Waals surface area contributed by atoms with E-state index in [0.717, 1.165) is 13.0 Å². The van der Waals surface area contributed by atoms with Gasteiger partial charge in [0.1, 0.15) is 11.9 Å². The maximum Gasteiger partial charge on any atom is 0.403 e. The van der Waals surface area contributed by atoms with Crippen LogP contribution in [0.3, 0.4) is 0 Å². The van der Waals surface area contributed by atoms with Gasteiger partial charge in [0.2, 0.25) is 5.95 Å². The summed E-state index contributed by atoms with van der Waals surface area (Å²) in [5.41, 5.74) is 1.52. The Morgan fingerprint density at radius 1 is 0.947 bits per heavy atom. The standard InChI is InChI=1S/C25H24ClF5N6O/c1-14(25(29,30)31)34-8-15-5-16(26)3-4-19(15)37-22(9-34)32-33-23(37)36-12-24(13-36)10-35(11-24)20-7-21(38-2)18(28)6-17(20)27/h3-7,14H,8-13H2,1-2H3. The molecule has 4 heterocycles. The van der Waals surface area contributed by atoms with Gasteiger partial charge in [-0.3, -0.25) is 9.47 Å². The Bertz CT molecular complexity index is 1400. The fourth-order valence-corrected chi connectivity index (χ4v) is 5.85. The van der Waals surface area contributed by atoms with E-state index in [-0.39, 0.29) is 29.9 Å². The summed E-state index contributed by atoms with van der Waals surface area (Å²) in [5, 5.41) is 9.06. The van der Waals surface area contributed by atoms with Crippen molar-refractivity contribution < 1.29 is 26.7 Å². The molecule has 1 atom stereocenters. The highest BCUT2D eigenvalue weighted by Crippen LogP contribution is 2.45. The summed E-state index contributed by atoms with van der Waals surface area (Å²) in [4.78, 5) is 5.18. The van der Waals surface area contributed by atoms with Crippen LogP contribution in [0.25, 0.3) is 5.69 Å². The van der Waals surface area contributed by atoms with Gasteiger partial charge in [-0.2, -0.15) is 13.2 Å². The molecule has 0 aliphatic carbocycles. The number of ether oxygens (including phenoxy) is 1. The summed E-state index contributed by atoms with van der Waals surface area (Å²) >= 11 is 6.20. The molecular weight excluding hydrogens is 531 g/mol. The number of nitrogens with zero attached hydrogens (tertiary/aromatic N) is 6. The van der Waals surface area contributed by atoms with E-state index < -0.39 is 23.9 Å². The zero-order valence-electron chi connectivity index (χ0n) is 20.6. The second kappa shape index (κ2) is 8.70. The monoisotopic (exact) mass is 554 g/mol. The van der Waals surface area contributed by atoms with Gasteiger partial charge >= 0.3 is 6.18 Å². The van der Waals surface area contributed by atoms with Gasteiger partial charge in [0.25, 0.3) is 0 Å². The molecule has 0 saturated carbocycles. The van der Waals surface area contributed by atoms with Crippen LogP contribution in [0.15, 0.2) is 30.3 Å². The Kier molecular flexibility index (Phi) is 5.76. The van der Waals surface area contributed by atoms with Gasteiger partial charge in [0.15, 0.2) is 17.4 Å². The predicted molar refractivity (Wildman–Crippen MR) is 131 cm³/mol. The first-order valence-corrected chi connectivity index (χ1v) is 12.4. The summed E-state index contributed by atoms with van der Waals surface area (Å²) in [6.07, 6.45) is -4.40. The maximum absolute atomic E-state index is 14.4. The first-order valence-electron chi connectivity index (χ1n) is 12.0. The molecule has 3 aliphatic heterocycles. The highest BCUT2D eigenvalue weighted by Gasteiger charge is 2.54.